The van der Waals surface area contributed by atoms with Crippen LogP contribution in [0.15, 0.2) is 24.3 Å². The SMILES string of the molecule is Cc1nc2c3ccccc3nn2c(C)c1CCC(=O)NCc1nnc2n1CCC2. The molecule has 1 amide bonds. The normalized spacial score (nSPS) is 13.3. The zero-order valence-electron chi connectivity index (χ0n) is 16.6. The van der Waals surface area contributed by atoms with E-state index in [-0.39, 0.29) is 5.91 Å². The van der Waals surface area contributed by atoms with Crippen LogP contribution in [-0.4, -0.2) is 35.3 Å². The van der Waals surface area contributed by atoms with Crippen LogP contribution in [0.1, 0.15) is 41.4 Å². The lowest BCUT2D eigenvalue weighted by molar-refractivity contribution is -0.121. The Kier molecular flexibility index (Phi) is 4.26. The van der Waals surface area contributed by atoms with Crippen LogP contribution < -0.4 is 5.32 Å². The zero-order chi connectivity index (χ0) is 20.0. The third-order valence-corrected chi connectivity index (χ3v) is 5.75. The molecular formula is C21H23N7O. The molecule has 1 N–H and O–H groups in total. The molecule has 0 saturated carbocycles. The van der Waals surface area contributed by atoms with Gasteiger partial charge in [-0.2, -0.15) is 5.10 Å². The maximum Gasteiger partial charge on any atom is 0.220 e. The van der Waals surface area contributed by atoms with Crippen LogP contribution in [0.2, 0.25) is 0 Å². The van der Waals surface area contributed by atoms with Crippen LogP contribution in [-0.2, 0) is 30.7 Å². The van der Waals surface area contributed by atoms with E-state index in [0.717, 1.165) is 64.5 Å². The molecule has 1 aliphatic heterocycles. The standard InChI is InChI=1S/C21H23N7O/c1-13-15(14(2)28-21(23-13)16-6-3-4-7-17(16)26-28)9-10-20(29)22-12-19-25-24-18-8-5-11-27(18)19/h3-4,6-7H,5,8-12H2,1-2H3,(H,22,29). The molecule has 4 heterocycles. The summed E-state index contributed by atoms with van der Waals surface area (Å²) < 4.78 is 4.00. The molecule has 0 bridgehead atoms. The van der Waals surface area contributed by atoms with Gasteiger partial charge < -0.3 is 9.88 Å². The summed E-state index contributed by atoms with van der Waals surface area (Å²) in [4.78, 5) is 17.2. The fourth-order valence-electron chi connectivity index (χ4n) is 4.18. The minimum absolute atomic E-state index is 0.00451. The topological polar surface area (TPSA) is 90.0 Å². The summed E-state index contributed by atoms with van der Waals surface area (Å²) in [6.07, 6.45) is 3.09. The number of aromatic nitrogens is 6. The third kappa shape index (κ3) is 3.04. The van der Waals surface area contributed by atoms with Crippen LogP contribution in [0.25, 0.3) is 16.6 Å². The van der Waals surface area contributed by atoms with Crippen molar-refractivity contribution >= 4 is 22.5 Å². The van der Waals surface area contributed by atoms with E-state index in [4.69, 9.17) is 4.98 Å². The van der Waals surface area contributed by atoms with Gasteiger partial charge in [0, 0.05) is 36.2 Å². The van der Waals surface area contributed by atoms with E-state index in [0.29, 0.717) is 19.4 Å². The summed E-state index contributed by atoms with van der Waals surface area (Å²) in [5.74, 6) is 1.86. The molecule has 3 aromatic heterocycles. The van der Waals surface area contributed by atoms with Crippen LogP contribution in [0.3, 0.4) is 0 Å². The molecular weight excluding hydrogens is 366 g/mol. The Hall–Kier alpha value is -3.29. The summed E-state index contributed by atoms with van der Waals surface area (Å²) >= 11 is 0. The van der Waals surface area contributed by atoms with Crippen LogP contribution in [0.5, 0.6) is 0 Å². The number of carbonyl (C=O) groups excluding carboxylic acids is 1. The van der Waals surface area contributed by atoms with Gasteiger partial charge in [0.25, 0.3) is 0 Å². The van der Waals surface area contributed by atoms with Crippen LogP contribution >= 0.6 is 0 Å². The highest BCUT2D eigenvalue weighted by molar-refractivity contribution is 5.92. The molecule has 1 aromatic carbocycles. The molecule has 0 spiro atoms. The quantitative estimate of drug-likeness (QED) is 0.566. The van der Waals surface area contributed by atoms with Crippen LogP contribution in [0, 0.1) is 13.8 Å². The molecule has 8 nitrogen and oxygen atoms in total. The summed E-state index contributed by atoms with van der Waals surface area (Å²) in [5, 5.41) is 17.1. The second kappa shape index (κ2) is 6.95. The minimum atomic E-state index is 0.00451. The molecule has 5 rings (SSSR count). The Balaban J connectivity index is 1.31. The van der Waals surface area contributed by atoms with Gasteiger partial charge in [-0.25, -0.2) is 9.50 Å². The number of nitrogens with zero attached hydrogens (tertiary/aromatic N) is 6. The lowest BCUT2D eigenvalue weighted by Gasteiger charge is -2.11. The maximum absolute atomic E-state index is 12.4. The minimum Gasteiger partial charge on any atom is -0.349 e. The van der Waals surface area contributed by atoms with E-state index >= 15 is 0 Å². The first-order chi connectivity index (χ1) is 14.1. The number of rotatable bonds is 5. The van der Waals surface area contributed by atoms with Gasteiger partial charge in [0.2, 0.25) is 5.91 Å². The van der Waals surface area contributed by atoms with Gasteiger partial charge >= 0.3 is 0 Å². The van der Waals surface area contributed by atoms with E-state index in [1.807, 2.05) is 42.6 Å². The Morgan fingerprint density at radius 1 is 1.21 bits per heavy atom. The molecule has 0 aliphatic carbocycles. The van der Waals surface area contributed by atoms with Crippen molar-refractivity contribution < 1.29 is 4.79 Å². The van der Waals surface area contributed by atoms with Gasteiger partial charge in [-0.1, -0.05) is 12.1 Å². The fraction of sp³-hybridized carbons (Fsp3) is 0.381. The van der Waals surface area contributed by atoms with E-state index in [1.54, 1.807) is 0 Å². The number of hydrogen-bond acceptors (Lipinski definition) is 5. The molecule has 0 atom stereocenters. The van der Waals surface area contributed by atoms with E-state index in [2.05, 4.69) is 25.2 Å². The number of hydrogen-bond donors (Lipinski definition) is 1. The number of aryl methyl sites for hydroxylation is 3. The smallest absolute Gasteiger partial charge is 0.220 e. The number of fused-ring (bicyclic) bond motifs is 4. The van der Waals surface area contributed by atoms with Crippen LogP contribution in [0.4, 0.5) is 0 Å². The van der Waals surface area contributed by atoms with E-state index < -0.39 is 0 Å². The molecule has 1 aliphatic rings. The highest BCUT2D eigenvalue weighted by atomic mass is 16.1. The van der Waals surface area contributed by atoms with Gasteiger partial charge in [0.1, 0.15) is 5.82 Å². The molecule has 0 unspecified atom stereocenters. The van der Waals surface area contributed by atoms with Crippen molar-refractivity contribution in [3.63, 3.8) is 0 Å². The Bertz CT molecular complexity index is 1240. The van der Waals surface area contributed by atoms with Crippen molar-refractivity contribution in [3.8, 4) is 0 Å². The molecule has 148 valence electrons. The Labute approximate surface area is 168 Å². The number of nitrogens with one attached hydrogen (secondary N) is 1. The Morgan fingerprint density at radius 2 is 2.07 bits per heavy atom. The van der Waals surface area contributed by atoms with Crippen molar-refractivity contribution in [3.05, 3.63) is 52.9 Å². The molecule has 0 fully saturated rings. The van der Waals surface area contributed by atoms with Crippen molar-refractivity contribution in [2.45, 2.75) is 52.6 Å². The largest absolute Gasteiger partial charge is 0.349 e. The van der Waals surface area contributed by atoms with Gasteiger partial charge in [-0.05, 0) is 44.4 Å². The molecule has 4 aromatic rings. The maximum atomic E-state index is 12.4. The van der Waals surface area contributed by atoms with Gasteiger partial charge in [0.15, 0.2) is 11.5 Å². The monoisotopic (exact) mass is 389 g/mol. The first-order valence-electron chi connectivity index (χ1n) is 10.0. The van der Waals surface area contributed by atoms with Crippen molar-refractivity contribution in [1.82, 2.24) is 34.7 Å². The van der Waals surface area contributed by atoms with Crippen molar-refractivity contribution in [2.75, 3.05) is 0 Å². The molecule has 0 radical (unpaired) electrons. The first-order valence-corrected chi connectivity index (χ1v) is 10.0. The van der Waals surface area contributed by atoms with Gasteiger partial charge in [-0.15, -0.1) is 10.2 Å². The average molecular weight is 389 g/mol. The lowest BCUT2D eigenvalue weighted by atomic mass is 10.1. The number of benzene rings is 1. The number of amides is 1. The summed E-state index contributed by atoms with van der Waals surface area (Å²) in [5.41, 5.74) is 4.85. The van der Waals surface area contributed by atoms with E-state index in [9.17, 15) is 4.79 Å². The highest BCUT2D eigenvalue weighted by Gasteiger charge is 2.18. The highest BCUT2D eigenvalue weighted by Crippen LogP contribution is 2.23. The van der Waals surface area contributed by atoms with Crippen molar-refractivity contribution in [2.24, 2.45) is 0 Å². The average Bonchev–Trinajstić information content (AvgIpc) is 3.41. The summed E-state index contributed by atoms with van der Waals surface area (Å²) in [7, 11) is 0. The summed E-state index contributed by atoms with van der Waals surface area (Å²) in [6.45, 7) is 5.41. The molecule has 0 saturated heterocycles. The molecule has 8 heteroatoms. The van der Waals surface area contributed by atoms with E-state index in [1.165, 1.54) is 0 Å². The first kappa shape index (κ1) is 17.8. The van der Waals surface area contributed by atoms with Gasteiger partial charge in [-0.3, -0.25) is 4.79 Å². The summed E-state index contributed by atoms with van der Waals surface area (Å²) in [6, 6.07) is 8.01. The second-order valence-corrected chi connectivity index (χ2v) is 7.58. The Morgan fingerprint density at radius 3 is 2.97 bits per heavy atom. The van der Waals surface area contributed by atoms with Gasteiger partial charge in [0.05, 0.1) is 12.1 Å². The molecule has 29 heavy (non-hydrogen) atoms. The lowest BCUT2D eigenvalue weighted by Crippen LogP contribution is -2.25. The predicted molar refractivity (Wildman–Crippen MR) is 108 cm³/mol. The predicted octanol–water partition coefficient (Wildman–Crippen LogP) is 2.29. The third-order valence-electron chi connectivity index (χ3n) is 5.75. The second-order valence-electron chi connectivity index (χ2n) is 7.58. The number of carbonyl (C=O) groups is 1. The van der Waals surface area contributed by atoms with Crippen molar-refractivity contribution in [1.29, 1.82) is 0 Å². The zero-order valence-corrected chi connectivity index (χ0v) is 16.6. The fourth-order valence-corrected chi connectivity index (χ4v) is 4.18.